The van der Waals surface area contributed by atoms with Gasteiger partial charge >= 0.3 is 12.1 Å². The van der Waals surface area contributed by atoms with Gasteiger partial charge in [-0.15, -0.1) is 0 Å². The molecule has 7 rings (SSSR count). The van der Waals surface area contributed by atoms with Crippen molar-refractivity contribution >= 4 is 56.4 Å². The maximum atomic E-state index is 16.3. The molecule has 2 atom stereocenters. The van der Waals surface area contributed by atoms with E-state index in [9.17, 15) is 14.4 Å². The molecule has 5 aromatic rings. The van der Waals surface area contributed by atoms with Crippen molar-refractivity contribution in [3.05, 3.63) is 58.1 Å². The van der Waals surface area contributed by atoms with Crippen molar-refractivity contribution in [3.63, 3.8) is 0 Å². The average molecular weight is 716 g/mol. The lowest BCUT2D eigenvalue weighted by atomic mass is 9.99. The van der Waals surface area contributed by atoms with Crippen molar-refractivity contribution in [3.8, 4) is 11.1 Å². The second-order valence-electron chi connectivity index (χ2n) is 16.0. The van der Waals surface area contributed by atoms with Gasteiger partial charge in [-0.3, -0.25) is 9.69 Å². The number of esters is 1. The summed E-state index contributed by atoms with van der Waals surface area (Å²) in [4.78, 5) is 58.3. The van der Waals surface area contributed by atoms with Crippen molar-refractivity contribution < 1.29 is 27.8 Å². The number of aromatic nitrogens is 4. The Morgan fingerprint density at radius 2 is 1.69 bits per heavy atom. The topological polar surface area (TPSA) is 126 Å². The molecule has 0 unspecified atom stereocenters. The number of benzene rings is 1. The highest BCUT2D eigenvalue weighted by Gasteiger charge is 2.42. The molecule has 1 aromatic carbocycles. The zero-order chi connectivity index (χ0) is 37.6. The Kier molecular flexibility index (Phi) is 8.31. The number of rotatable bonds is 4. The van der Waals surface area contributed by atoms with Gasteiger partial charge in [0.1, 0.15) is 28.1 Å². The second kappa shape index (κ2) is 12.2. The molecule has 12 nitrogen and oxygen atoms in total. The number of hydrogen-bond acceptors (Lipinski definition) is 9. The number of aromatic amines is 1. The molecule has 2 aliphatic rings. The van der Waals surface area contributed by atoms with Gasteiger partial charge in [-0.25, -0.2) is 28.3 Å². The molecule has 1 N–H and O–H groups in total. The average Bonchev–Trinajstić information content (AvgIpc) is 3.74. The first-order chi connectivity index (χ1) is 24.3. The number of fused-ring (bicyclic) bond motifs is 5. The van der Waals surface area contributed by atoms with Crippen LogP contribution in [0.4, 0.5) is 25.0 Å². The van der Waals surface area contributed by atoms with E-state index < -0.39 is 40.3 Å². The predicted molar refractivity (Wildman–Crippen MR) is 196 cm³/mol. The summed E-state index contributed by atoms with van der Waals surface area (Å²) >= 11 is 0. The SMILES string of the molecule is CN1C[C@@H]2CCN(c3c(-c4cnc5c(c4)c(=O)c(C(=O)OC(C)(C)C)cn5C)cnc4[nH]c5c(N(C)C(=O)OC(C)(C)C)cc(F)c(F)c5c34)[C@@H]2C1. The molecule has 2 fully saturated rings. The third-order valence-corrected chi connectivity index (χ3v) is 9.73. The van der Waals surface area contributed by atoms with Crippen molar-refractivity contribution in [1.29, 1.82) is 0 Å². The lowest BCUT2D eigenvalue weighted by Crippen LogP contribution is -2.35. The van der Waals surface area contributed by atoms with Crippen LogP contribution in [0.25, 0.3) is 44.1 Å². The number of amides is 1. The molecule has 0 radical (unpaired) electrons. The van der Waals surface area contributed by atoms with E-state index in [2.05, 4.69) is 26.8 Å². The van der Waals surface area contributed by atoms with Gasteiger partial charge in [-0.1, -0.05) is 0 Å². The Balaban J connectivity index is 1.49. The van der Waals surface area contributed by atoms with E-state index in [0.29, 0.717) is 46.0 Å². The van der Waals surface area contributed by atoms with Gasteiger partial charge in [0.2, 0.25) is 5.43 Å². The van der Waals surface area contributed by atoms with Crippen LogP contribution < -0.4 is 15.2 Å². The molecular weight excluding hydrogens is 672 g/mol. The molecule has 1 amide bonds. The van der Waals surface area contributed by atoms with Crippen LogP contribution in [0.1, 0.15) is 58.3 Å². The lowest BCUT2D eigenvalue weighted by molar-refractivity contribution is 0.00671. The van der Waals surface area contributed by atoms with E-state index in [1.54, 1.807) is 71.6 Å². The highest BCUT2D eigenvalue weighted by atomic mass is 19.2. The van der Waals surface area contributed by atoms with Crippen molar-refractivity contribution in [2.45, 2.75) is 65.2 Å². The predicted octanol–water partition coefficient (Wildman–Crippen LogP) is 6.38. The van der Waals surface area contributed by atoms with Crippen LogP contribution in [-0.2, 0) is 16.5 Å². The summed E-state index contributed by atoms with van der Waals surface area (Å²) in [5.41, 5.74) is 0.256. The van der Waals surface area contributed by atoms with Crippen molar-refractivity contribution in [2.24, 2.45) is 13.0 Å². The largest absolute Gasteiger partial charge is 0.456 e. The molecule has 4 aromatic heterocycles. The van der Waals surface area contributed by atoms with Gasteiger partial charge in [-0.2, -0.15) is 0 Å². The van der Waals surface area contributed by atoms with Crippen LogP contribution in [0.2, 0.25) is 0 Å². The van der Waals surface area contributed by atoms with Crippen LogP contribution in [0.3, 0.4) is 0 Å². The van der Waals surface area contributed by atoms with Crippen molar-refractivity contribution in [2.75, 3.05) is 43.5 Å². The van der Waals surface area contributed by atoms with E-state index in [1.807, 2.05) is 0 Å². The maximum absolute atomic E-state index is 16.3. The number of H-pyrrole nitrogens is 1. The summed E-state index contributed by atoms with van der Waals surface area (Å²) in [5.74, 6) is -2.63. The highest BCUT2D eigenvalue weighted by molar-refractivity contribution is 6.19. The molecule has 2 aliphatic heterocycles. The fraction of sp³-hybridized carbons (Fsp3) is 0.447. The van der Waals surface area contributed by atoms with Crippen LogP contribution in [0, 0.1) is 17.6 Å². The number of anilines is 2. The molecule has 2 saturated heterocycles. The Labute approximate surface area is 299 Å². The quantitative estimate of drug-likeness (QED) is 0.211. The highest BCUT2D eigenvalue weighted by Crippen LogP contribution is 2.47. The molecule has 0 saturated carbocycles. The number of carbonyl (C=O) groups excluding carboxylic acids is 2. The van der Waals surface area contributed by atoms with E-state index in [1.165, 1.54) is 13.2 Å². The number of likely N-dealkylation sites (N-methyl/N-ethyl adjacent to an activating group) is 1. The maximum Gasteiger partial charge on any atom is 0.414 e. The third-order valence-electron chi connectivity index (χ3n) is 9.73. The Bertz CT molecular complexity index is 2360. The number of carbonyl (C=O) groups is 2. The molecule has 0 aliphatic carbocycles. The second-order valence-corrected chi connectivity index (χ2v) is 16.0. The minimum atomic E-state index is -1.14. The third kappa shape index (κ3) is 6.02. The zero-order valence-corrected chi connectivity index (χ0v) is 30.9. The summed E-state index contributed by atoms with van der Waals surface area (Å²) in [7, 11) is 5.19. The van der Waals surface area contributed by atoms with Crippen LogP contribution in [0.15, 0.2) is 35.5 Å². The van der Waals surface area contributed by atoms with E-state index in [0.717, 1.165) is 30.5 Å². The fourth-order valence-corrected chi connectivity index (χ4v) is 7.57. The minimum absolute atomic E-state index is 0.0589. The summed E-state index contributed by atoms with van der Waals surface area (Å²) in [6.07, 6.45) is 4.82. The molecule has 6 heterocycles. The minimum Gasteiger partial charge on any atom is -0.456 e. The molecule has 0 bridgehead atoms. The number of pyridine rings is 3. The molecule has 0 spiro atoms. The smallest absolute Gasteiger partial charge is 0.414 e. The molecule has 14 heteroatoms. The monoisotopic (exact) mass is 715 g/mol. The lowest BCUT2D eigenvalue weighted by Gasteiger charge is -2.29. The van der Waals surface area contributed by atoms with Gasteiger partial charge in [0.25, 0.3) is 0 Å². The molecule has 274 valence electrons. The number of nitrogens with zero attached hydrogens (tertiary/aromatic N) is 6. The Hall–Kier alpha value is -5.11. The number of aryl methyl sites for hydroxylation is 1. The van der Waals surface area contributed by atoms with Crippen LogP contribution in [0.5, 0.6) is 0 Å². The van der Waals surface area contributed by atoms with E-state index in [-0.39, 0.29) is 33.6 Å². The van der Waals surface area contributed by atoms with Crippen LogP contribution in [-0.4, -0.2) is 87.5 Å². The van der Waals surface area contributed by atoms with Gasteiger partial charge in [-0.05, 0) is 67.0 Å². The first-order valence-electron chi connectivity index (χ1n) is 17.3. The first-order valence-corrected chi connectivity index (χ1v) is 17.3. The number of hydrogen-bond donors (Lipinski definition) is 1. The fourth-order valence-electron chi connectivity index (χ4n) is 7.57. The summed E-state index contributed by atoms with van der Waals surface area (Å²) in [6.45, 7) is 12.6. The molecule has 52 heavy (non-hydrogen) atoms. The first kappa shape index (κ1) is 35.3. The number of likely N-dealkylation sites (tertiary alicyclic amines) is 1. The Morgan fingerprint density at radius 1 is 0.981 bits per heavy atom. The summed E-state index contributed by atoms with van der Waals surface area (Å²) < 4.78 is 44.6. The van der Waals surface area contributed by atoms with Gasteiger partial charge in [0.05, 0.1) is 33.1 Å². The number of halogens is 2. The number of ether oxygens (including phenoxy) is 2. The van der Waals surface area contributed by atoms with Gasteiger partial charge in [0, 0.05) is 75.6 Å². The normalized spacial score (nSPS) is 18.1. The zero-order valence-electron chi connectivity index (χ0n) is 30.9. The molecular formula is C38H43F2N7O5. The van der Waals surface area contributed by atoms with Gasteiger partial charge < -0.3 is 28.8 Å². The standard InChI is InChI=1S/C38H43F2N7O5/c1-37(2,3)51-35(49)23-17-45(8)34-21(32(23)48)12-20(14-42-34)22-15-41-33-28(31(22)47-11-10-19-16-44(7)18-26(19)47)27-29(40)24(39)13-25(30(27)43-33)46(9)36(50)52-38(4,5)6/h12-15,17,19,26H,10-11,16,18H2,1-9H3,(H,41,43)/t19-,26+/m0/s1. The summed E-state index contributed by atoms with van der Waals surface area (Å²) in [5, 5.41) is 0.470. The van der Waals surface area contributed by atoms with Crippen LogP contribution >= 0.6 is 0 Å². The van der Waals surface area contributed by atoms with Crippen molar-refractivity contribution in [1.82, 2.24) is 24.4 Å². The van der Waals surface area contributed by atoms with Gasteiger partial charge in [0.15, 0.2) is 11.6 Å². The Morgan fingerprint density at radius 3 is 2.38 bits per heavy atom. The van der Waals surface area contributed by atoms with E-state index in [4.69, 9.17) is 14.5 Å². The summed E-state index contributed by atoms with van der Waals surface area (Å²) in [6, 6.07) is 2.70. The number of nitrogens with one attached hydrogen (secondary N) is 1. The van der Waals surface area contributed by atoms with E-state index >= 15 is 8.78 Å².